The number of hydrogen-bond donors (Lipinski definition) is 1. The molecule has 1 heterocycles. The molecule has 1 aliphatic rings. The molecule has 1 amide bonds. The summed E-state index contributed by atoms with van der Waals surface area (Å²) in [6, 6.07) is 7.07. The minimum absolute atomic E-state index is 0.0145. The molecule has 1 aromatic rings. The summed E-state index contributed by atoms with van der Waals surface area (Å²) >= 11 is 0. The van der Waals surface area contributed by atoms with Gasteiger partial charge in [-0.05, 0) is 36.5 Å². The van der Waals surface area contributed by atoms with Gasteiger partial charge in [0, 0.05) is 0 Å². The number of carbonyl (C=O) groups excluding carboxylic acids is 2. The average Bonchev–Trinajstić information content (AvgIpc) is 2.77. The zero-order chi connectivity index (χ0) is 18.9. The van der Waals surface area contributed by atoms with Gasteiger partial charge in [-0.15, -0.1) is 0 Å². The molecule has 7 heteroatoms. The van der Waals surface area contributed by atoms with Crippen molar-refractivity contribution in [3.8, 4) is 0 Å². The zero-order valence-corrected chi connectivity index (χ0v) is 15.9. The van der Waals surface area contributed by atoms with Crippen molar-refractivity contribution in [2.75, 3.05) is 18.1 Å². The first-order valence-electron chi connectivity index (χ1n) is 8.19. The quantitative estimate of drug-likeness (QED) is 0.820. The van der Waals surface area contributed by atoms with E-state index in [0.717, 1.165) is 5.56 Å². The molecule has 0 spiro atoms. The maximum Gasteiger partial charge on any atom is 0.338 e. The summed E-state index contributed by atoms with van der Waals surface area (Å²) < 4.78 is 28.1. The Morgan fingerprint density at radius 1 is 1.20 bits per heavy atom. The van der Waals surface area contributed by atoms with Crippen LogP contribution in [0.2, 0.25) is 0 Å². The molecule has 1 aliphatic heterocycles. The summed E-state index contributed by atoms with van der Waals surface area (Å²) in [4.78, 5) is 24.0. The van der Waals surface area contributed by atoms with Gasteiger partial charge in [-0.25, -0.2) is 13.2 Å². The summed E-state index contributed by atoms with van der Waals surface area (Å²) in [5.41, 5.74) is 0.656. The molecule has 1 N–H and O–H groups in total. The molecule has 1 atom stereocenters. The number of esters is 1. The molecule has 6 nitrogen and oxygen atoms in total. The normalized spacial score (nSPS) is 22.4. The third-order valence-corrected chi connectivity index (χ3v) is 6.17. The Bertz CT molecular complexity index is 762. The number of nitrogens with one attached hydrogen (secondary N) is 1. The Hall–Kier alpha value is -1.89. The largest absolute Gasteiger partial charge is 0.452 e. The van der Waals surface area contributed by atoms with Crippen LogP contribution in [0.4, 0.5) is 0 Å². The van der Waals surface area contributed by atoms with E-state index in [2.05, 4.69) is 26.1 Å². The molecule has 0 aliphatic carbocycles. The maximum absolute atomic E-state index is 12.0. The van der Waals surface area contributed by atoms with E-state index >= 15 is 0 Å². The molecule has 0 saturated carbocycles. The second-order valence-corrected chi connectivity index (χ2v) is 10.0. The van der Waals surface area contributed by atoms with Gasteiger partial charge in [0.2, 0.25) is 0 Å². The maximum atomic E-state index is 12.0. The predicted octanol–water partition coefficient (Wildman–Crippen LogP) is 1.83. The molecule has 0 bridgehead atoms. The van der Waals surface area contributed by atoms with Crippen molar-refractivity contribution in [1.29, 1.82) is 0 Å². The van der Waals surface area contributed by atoms with Crippen LogP contribution in [0, 0.1) is 0 Å². The van der Waals surface area contributed by atoms with Gasteiger partial charge in [-0.2, -0.15) is 0 Å². The van der Waals surface area contributed by atoms with Crippen LogP contribution in [0.1, 0.15) is 50.0 Å². The number of carbonyl (C=O) groups is 2. The number of benzene rings is 1. The molecule has 1 fully saturated rings. The molecule has 138 valence electrons. The van der Waals surface area contributed by atoms with Crippen molar-refractivity contribution >= 4 is 21.7 Å². The standard InChI is InChI=1S/C18H25NO5S/c1-17(2,3)14-7-5-13(6-8-14)16(21)24-11-15(20)19-18(4)9-10-25(22,23)12-18/h5-8H,9-12H2,1-4H3,(H,19,20)/t18-/m1/s1. The van der Waals surface area contributed by atoms with Crippen LogP contribution in [0.15, 0.2) is 24.3 Å². The van der Waals surface area contributed by atoms with E-state index in [1.54, 1.807) is 19.1 Å². The minimum atomic E-state index is -3.11. The first-order chi connectivity index (χ1) is 11.4. The van der Waals surface area contributed by atoms with Crippen molar-refractivity contribution in [2.45, 2.75) is 45.1 Å². The van der Waals surface area contributed by atoms with Gasteiger partial charge in [-0.3, -0.25) is 4.79 Å². The van der Waals surface area contributed by atoms with Crippen LogP contribution in [-0.4, -0.2) is 43.9 Å². The number of rotatable bonds is 4. The molecular weight excluding hydrogens is 342 g/mol. The van der Waals surface area contributed by atoms with Gasteiger partial charge in [0.25, 0.3) is 5.91 Å². The Morgan fingerprint density at radius 3 is 2.28 bits per heavy atom. The van der Waals surface area contributed by atoms with Crippen molar-refractivity contribution in [3.63, 3.8) is 0 Å². The molecule has 0 aromatic heterocycles. The van der Waals surface area contributed by atoms with Crippen molar-refractivity contribution in [1.82, 2.24) is 5.32 Å². The number of hydrogen-bond acceptors (Lipinski definition) is 5. The summed E-state index contributed by atoms with van der Waals surface area (Å²) in [6.07, 6.45) is 0.364. The zero-order valence-electron chi connectivity index (χ0n) is 15.1. The molecule has 25 heavy (non-hydrogen) atoms. The molecule has 2 rings (SSSR count). The van der Waals surface area contributed by atoms with Gasteiger partial charge in [0.1, 0.15) is 0 Å². The molecule has 1 saturated heterocycles. The lowest BCUT2D eigenvalue weighted by Crippen LogP contribution is -2.48. The van der Waals surface area contributed by atoms with Gasteiger partial charge >= 0.3 is 5.97 Å². The van der Waals surface area contributed by atoms with E-state index in [9.17, 15) is 18.0 Å². The Labute approximate surface area is 148 Å². The highest BCUT2D eigenvalue weighted by atomic mass is 32.2. The van der Waals surface area contributed by atoms with Gasteiger partial charge in [-0.1, -0.05) is 32.9 Å². The highest BCUT2D eigenvalue weighted by molar-refractivity contribution is 7.91. The first-order valence-corrected chi connectivity index (χ1v) is 10.0. The van der Waals surface area contributed by atoms with E-state index in [-0.39, 0.29) is 16.9 Å². The van der Waals surface area contributed by atoms with Crippen LogP contribution in [0.5, 0.6) is 0 Å². The summed E-state index contributed by atoms with van der Waals surface area (Å²) in [5.74, 6) is -1.11. The van der Waals surface area contributed by atoms with Crippen LogP contribution < -0.4 is 5.32 Å². The fourth-order valence-electron chi connectivity index (χ4n) is 2.80. The van der Waals surface area contributed by atoms with Crippen molar-refractivity contribution in [3.05, 3.63) is 35.4 Å². The van der Waals surface area contributed by atoms with E-state index in [0.29, 0.717) is 12.0 Å². The molecular formula is C18H25NO5S. The van der Waals surface area contributed by atoms with Crippen molar-refractivity contribution in [2.24, 2.45) is 0 Å². The Morgan fingerprint density at radius 2 is 1.80 bits per heavy atom. The smallest absolute Gasteiger partial charge is 0.338 e. The number of sulfone groups is 1. The minimum Gasteiger partial charge on any atom is -0.452 e. The van der Waals surface area contributed by atoms with Crippen LogP contribution in [0.3, 0.4) is 0 Å². The average molecular weight is 367 g/mol. The third-order valence-electron chi connectivity index (χ3n) is 4.27. The summed E-state index contributed by atoms with van der Waals surface area (Å²) in [5, 5.41) is 2.65. The summed E-state index contributed by atoms with van der Waals surface area (Å²) in [6.45, 7) is 7.48. The Kier molecular flexibility index (Phi) is 5.27. The fraction of sp³-hybridized carbons (Fsp3) is 0.556. The highest BCUT2D eigenvalue weighted by Crippen LogP contribution is 2.23. The SMILES string of the molecule is CC(C)(C)c1ccc(C(=O)OCC(=O)N[C@]2(C)CCS(=O)(=O)C2)cc1. The predicted molar refractivity (Wildman–Crippen MR) is 95.2 cm³/mol. The van der Waals surface area contributed by atoms with Crippen LogP contribution in [-0.2, 0) is 24.8 Å². The Balaban J connectivity index is 1.88. The number of amides is 1. The lowest BCUT2D eigenvalue weighted by molar-refractivity contribution is -0.125. The number of ether oxygens (including phenoxy) is 1. The second kappa shape index (κ2) is 6.78. The lowest BCUT2D eigenvalue weighted by atomic mass is 9.87. The van der Waals surface area contributed by atoms with Gasteiger partial charge in [0.05, 0.1) is 22.6 Å². The fourth-order valence-corrected chi connectivity index (χ4v) is 4.90. The monoisotopic (exact) mass is 367 g/mol. The van der Waals surface area contributed by atoms with Crippen molar-refractivity contribution < 1.29 is 22.7 Å². The van der Waals surface area contributed by atoms with Crippen LogP contribution in [0.25, 0.3) is 0 Å². The van der Waals surface area contributed by atoms with E-state index < -0.39 is 33.9 Å². The van der Waals surface area contributed by atoms with E-state index in [4.69, 9.17) is 4.74 Å². The molecule has 0 unspecified atom stereocenters. The highest BCUT2D eigenvalue weighted by Gasteiger charge is 2.39. The topological polar surface area (TPSA) is 89.5 Å². The van der Waals surface area contributed by atoms with Gasteiger partial charge < -0.3 is 10.1 Å². The van der Waals surface area contributed by atoms with Crippen LogP contribution >= 0.6 is 0 Å². The second-order valence-electron chi connectivity index (χ2n) is 7.85. The van der Waals surface area contributed by atoms with E-state index in [1.165, 1.54) is 0 Å². The first kappa shape index (κ1) is 19.4. The van der Waals surface area contributed by atoms with Gasteiger partial charge in [0.15, 0.2) is 16.4 Å². The summed E-state index contributed by atoms with van der Waals surface area (Å²) in [7, 11) is -3.11. The third kappa shape index (κ3) is 5.29. The lowest BCUT2D eigenvalue weighted by Gasteiger charge is -2.23. The molecule has 1 aromatic carbocycles. The molecule has 0 radical (unpaired) electrons. The van der Waals surface area contributed by atoms with E-state index in [1.807, 2.05) is 12.1 Å².